The van der Waals surface area contributed by atoms with Gasteiger partial charge in [-0.1, -0.05) is 19.9 Å². The molecule has 0 bridgehead atoms. The number of hydrogen-bond donors (Lipinski definition) is 1. The third kappa shape index (κ3) is 2.41. The molecule has 17 heavy (non-hydrogen) atoms. The molecule has 0 unspecified atom stereocenters. The van der Waals surface area contributed by atoms with Crippen LogP contribution in [-0.4, -0.2) is 10.2 Å². The summed E-state index contributed by atoms with van der Waals surface area (Å²) in [7, 11) is 0. The Morgan fingerprint density at radius 1 is 1.24 bits per heavy atom. The maximum atomic E-state index is 13.7. The van der Waals surface area contributed by atoms with Gasteiger partial charge in [0.25, 0.3) is 0 Å². The number of halogens is 1. The van der Waals surface area contributed by atoms with Crippen molar-refractivity contribution in [3.05, 3.63) is 41.8 Å². The van der Waals surface area contributed by atoms with Gasteiger partial charge in [-0.05, 0) is 29.7 Å². The Morgan fingerprint density at radius 2 is 2.00 bits per heavy atom. The van der Waals surface area contributed by atoms with Crippen molar-refractivity contribution in [1.29, 1.82) is 0 Å². The zero-order chi connectivity index (χ0) is 12.4. The van der Waals surface area contributed by atoms with E-state index >= 15 is 0 Å². The molecular weight excluding hydrogens is 217 g/mol. The Bertz CT molecular complexity index is 538. The number of nitrogens with two attached hydrogens (primary N) is 1. The molecule has 0 aliphatic carbocycles. The molecule has 2 N–H and O–H groups in total. The Kier molecular flexibility index (Phi) is 3.04. The van der Waals surface area contributed by atoms with Crippen molar-refractivity contribution in [3.63, 3.8) is 0 Å². The zero-order valence-electron chi connectivity index (χ0n) is 9.81. The molecule has 1 heterocycles. The molecular formula is C13H14FN3. The van der Waals surface area contributed by atoms with Crippen LogP contribution in [0.1, 0.15) is 25.3 Å². The van der Waals surface area contributed by atoms with E-state index < -0.39 is 0 Å². The largest absolute Gasteiger partial charge is 0.397 e. The number of rotatable bonds is 2. The van der Waals surface area contributed by atoms with Crippen LogP contribution < -0.4 is 5.73 Å². The highest BCUT2D eigenvalue weighted by Gasteiger charge is 2.10. The van der Waals surface area contributed by atoms with Crippen molar-refractivity contribution < 1.29 is 4.39 Å². The topological polar surface area (TPSA) is 51.8 Å². The normalized spacial score (nSPS) is 10.8. The van der Waals surface area contributed by atoms with E-state index in [1.54, 1.807) is 18.2 Å². The molecule has 0 atom stereocenters. The average Bonchev–Trinajstić information content (AvgIpc) is 2.29. The minimum Gasteiger partial charge on any atom is -0.397 e. The van der Waals surface area contributed by atoms with Gasteiger partial charge in [0.05, 0.1) is 17.6 Å². The molecule has 0 spiro atoms. The number of benzene rings is 1. The standard InChI is InChI=1S/C13H14FN3/c1-8(2)9-3-4-12(14)11(5-9)13-6-10(15)7-16-17-13/h3-8H,1-2H3,(H2,15,17). The summed E-state index contributed by atoms with van der Waals surface area (Å²) in [5, 5.41) is 7.64. The van der Waals surface area contributed by atoms with Crippen molar-refractivity contribution in [2.75, 3.05) is 5.73 Å². The van der Waals surface area contributed by atoms with Crippen molar-refractivity contribution >= 4 is 5.69 Å². The van der Waals surface area contributed by atoms with E-state index in [4.69, 9.17) is 5.73 Å². The Balaban J connectivity index is 2.54. The van der Waals surface area contributed by atoms with E-state index in [2.05, 4.69) is 24.0 Å². The molecule has 0 aliphatic rings. The van der Waals surface area contributed by atoms with E-state index in [9.17, 15) is 4.39 Å². The first-order chi connectivity index (χ1) is 8.08. The molecule has 88 valence electrons. The molecule has 3 nitrogen and oxygen atoms in total. The quantitative estimate of drug-likeness (QED) is 0.864. The lowest BCUT2D eigenvalue weighted by Gasteiger charge is -2.08. The molecule has 0 aliphatic heterocycles. The SMILES string of the molecule is CC(C)c1ccc(F)c(-c2cc(N)cnn2)c1. The summed E-state index contributed by atoms with van der Waals surface area (Å²) < 4.78 is 13.7. The van der Waals surface area contributed by atoms with E-state index in [1.807, 2.05) is 0 Å². The number of nitrogens with zero attached hydrogens (tertiary/aromatic N) is 2. The van der Waals surface area contributed by atoms with Crippen LogP contribution in [0.3, 0.4) is 0 Å². The Hall–Kier alpha value is -1.97. The van der Waals surface area contributed by atoms with Gasteiger partial charge in [-0.15, -0.1) is 0 Å². The smallest absolute Gasteiger partial charge is 0.132 e. The summed E-state index contributed by atoms with van der Waals surface area (Å²) in [6.07, 6.45) is 1.44. The summed E-state index contributed by atoms with van der Waals surface area (Å²) in [5.74, 6) is 0.0256. The first-order valence-electron chi connectivity index (χ1n) is 5.46. The van der Waals surface area contributed by atoms with Crippen LogP contribution in [0.25, 0.3) is 11.3 Å². The van der Waals surface area contributed by atoms with Gasteiger partial charge in [0.2, 0.25) is 0 Å². The first kappa shape index (κ1) is 11.5. The van der Waals surface area contributed by atoms with E-state index in [-0.39, 0.29) is 5.82 Å². The van der Waals surface area contributed by atoms with Crippen LogP contribution in [0.2, 0.25) is 0 Å². The average molecular weight is 231 g/mol. The van der Waals surface area contributed by atoms with Crippen molar-refractivity contribution in [3.8, 4) is 11.3 Å². The fourth-order valence-corrected chi connectivity index (χ4v) is 1.61. The Morgan fingerprint density at radius 3 is 2.65 bits per heavy atom. The predicted molar refractivity (Wildman–Crippen MR) is 65.9 cm³/mol. The molecule has 2 aromatic rings. The summed E-state index contributed by atoms with van der Waals surface area (Å²) >= 11 is 0. The molecule has 1 aromatic carbocycles. The molecule has 0 fully saturated rings. The van der Waals surface area contributed by atoms with E-state index in [0.717, 1.165) is 5.56 Å². The second-order valence-corrected chi connectivity index (χ2v) is 4.27. The predicted octanol–water partition coefficient (Wildman–Crippen LogP) is 2.99. The summed E-state index contributed by atoms with van der Waals surface area (Å²) in [6, 6.07) is 6.65. The third-order valence-electron chi connectivity index (χ3n) is 2.61. The van der Waals surface area contributed by atoms with Gasteiger partial charge in [0.15, 0.2) is 0 Å². The lowest BCUT2D eigenvalue weighted by atomic mass is 9.99. The van der Waals surface area contributed by atoms with Gasteiger partial charge in [0.1, 0.15) is 5.82 Å². The third-order valence-corrected chi connectivity index (χ3v) is 2.61. The van der Waals surface area contributed by atoms with Crippen LogP contribution in [0, 0.1) is 5.82 Å². The first-order valence-corrected chi connectivity index (χ1v) is 5.46. The zero-order valence-corrected chi connectivity index (χ0v) is 9.81. The van der Waals surface area contributed by atoms with Crippen molar-refractivity contribution in [2.45, 2.75) is 19.8 Å². The van der Waals surface area contributed by atoms with Crippen molar-refractivity contribution in [1.82, 2.24) is 10.2 Å². The fraction of sp³-hybridized carbons (Fsp3) is 0.231. The van der Waals surface area contributed by atoms with Crippen molar-refractivity contribution in [2.24, 2.45) is 0 Å². The van der Waals surface area contributed by atoms with Crippen LogP contribution in [0.5, 0.6) is 0 Å². The van der Waals surface area contributed by atoms with E-state index in [0.29, 0.717) is 22.9 Å². The lowest BCUT2D eigenvalue weighted by molar-refractivity contribution is 0.629. The maximum absolute atomic E-state index is 13.7. The fourth-order valence-electron chi connectivity index (χ4n) is 1.61. The molecule has 4 heteroatoms. The van der Waals surface area contributed by atoms with Crippen LogP contribution in [0.15, 0.2) is 30.5 Å². The maximum Gasteiger partial charge on any atom is 0.132 e. The highest BCUT2D eigenvalue weighted by molar-refractivity contribution is 5.63. The second kappa shape index (κ2) is 4.49. The lowest BCUT2D eigenvalue weighted by Crippen LogP contribution is -1.96. The molecule has 0 saturated carbocycles. The highest BCUT2D eigenvalue weighted by Crippen LogP contribution is 2.25. The summed E-state index contributed by atoms with van der Waals surface area (Å²) in [6.45, 7) is 4.12. The van der Waals surface area contributed by atoms with Gasteiger partial charge >= 0.3 is 0 Å². The second-order valence-electron chi connectivity index (χ2n) is 4.27. The summed E-state index contributed by atoms with van der Waals surface area (Å²) in [4.78, 5) is 0. The van der Waals surface area contributed by atoms with Crippen LogP contribution >= 0.6 is 0 Å². The molecule has 0 amide bonds. The van der Waals surface area contributed by atoms with Gasteiger partial charge in [0, 0.05) is 5.56 Å². The van der Waals surface area contributed by atoms with Gasteiger partial charge in [-0.25, -0.2) is 4.39 Å². The monoisotopic (exact) mass is 231 g/mol. The molecule has 1 aromatic heterocycles. The highest BCUT2D eigenvalue weighted by atomic mass is 19.1. The molecule has 2 rings (SSSR count). The Labute approximate surface area is 99.5 Å². The minimum atomic E-state index is -0.311. The molecule has 0 saturated heterocycles. The van der Waals surface area contributed by atoms with Crippen LogP contribution in [0.4, 0.5) is 10.1 Å². The number of anilines is 1. The summed E-state index contributed by atoms with van der Waals surface area (Å²) in [5.41, 5.74) is 8.06. The number of aromatic nitrogens is 2. The van der Waals surface area contributed by atoms with E-state index in [1.165, 1.54) is 12.3 Å². The molecule has 0 radical (unpaired) electrons. The number of hydrogen-bond acceptors (Lipinski definition) is 3. The van der Waals surface area contributed by atoms with Gasteiger partial charge < -0.3 is 5.73 Å². The number of nitrogen functional groups attached to an aromatic ring is 1. The van der Waals surface area contributed by atoms with Gasteiger partial charge in [-0.2, -0.15) is 10.2 Å². The minimum absolute atomic E-state index is 0.311. The van der Waals surface area contributed by atoms with Gasteiger partial charge in [-0.3, -0.25) is 0 Å². The van der Waals surface area contributed by atoms with Crippen LogP contribution in [-0.2, 0) is 0 Å².